The van der Waals surface area contributed by atoms with Gasteiger partial charge in [-0.05, 0) is 44.0 Å². The second-order valence-electron chi connectivity index (χ2n) is 6.45. The van der Waals surface area contributed by atoms with Gasteiger partial charge in [0, 0.05) is 36.5 Å². The first-order valence-corrected chi connectivity index (χ1v) is 8.84. The molecule has 2 heterocycles. The van der Waals surface area contributed by atoms with Gasteiger partial charge in [-0.1, -0.05) is 11.6 Å². The van der Waals surface area contributed by atoms with Crippen molar-refractivity contribution < 1.29 is 13.9 Å². The van der Waals surface area contributed by atoms with Crippen LogP contribution >= 0.6 is 0 Å². The van der Waals surface area contributed by atoms with E-state index in [1.54, 1.807) is 13.2 Å². The lowest BCUT2D eigenvalue weighted by atomic mass is 10.0. The first-order valence-electron chi connectivity index (χ1n) is 8.84. The van der Waals surface area contributed by atoms with Gasteiger partial charge in [0.05, 0.1) is 7.11 Å². The quantitative estimate of drug-likeness (QED) is 0.612. The molecule has 0 unspecified atom stereocenters. The molecule has 2 aromatic rings. The minimum Gasteiger partial charge on any atom is -0.497 e. The van der Waals surface area contributed by atoms with E-state index in [0.717, 1.165) is 30.5 Å². The summed E-state index contributed by atoms with van der Waals surface area (Å²) in [6.07, 6.45) is 3.69. The van der Waals surface area contributed by atoms with Crippen LogP contribution in [-0.2, 0) is 11.2 Å². The Balaban J connectivity index is 1.67. The number of nitrogens with one attached hydrogen (secondary N) is 2. The highest BCUT2D eigenvalue weighted by Crippen LogP contribution is 2.24. The maximum absolute atomic E-state index is 12.3. The van der Waals surface area contributed by atoms with Crippen LogP contribution in [0.4, 0.5) is 0 Å². The van der Waals surface area contributed by atoms with E-state index in [4.69, 9.17) is 9.15 Å². The molecule has 6 nitrogen and oxygen atoms in total. The number of hydrogen-bond donors (Lipinski definition) is 2. The summed E-state index contributed by atoms with van der Waals surface area (Å²) in [6.45, 7) is 4.27. The SMILES string of the molecule is COc1ccc2c(C)c(CCC(=O)NCC3=CCNCC3)c(=O)oc2c1. The highest BCUT2D eigenvalue weighted by molar-refractivity contribution is 5.82. The second kappa shape index (κ2) is 8.19. The zero-order valence-corrected chi connectivity index (χ0v) is 15.2. The number of aryl methyl sites for hydroxylation is 1. The van der Waals surface area contributed by atoms with Gasteiger partial charge in [0.15, 0.2) is 0 Å². The predicted octanol–water partition coefficient (Wildman–Crippen LogP) is 2.08. The third kappa shape index (κ3) is 4.14. The van der Waals surface area contributed by atoms with E-state index in [1.165, 1.54) is 5.57 Å². The number of ether oxygens (including phenoxy) is 1. The smallest absolute Gasteiger partial charge is 0.339 e. The van der Waals surface area contributed by atoms with Crippen molar-refractivity contribution in [2.45, 2.75) is 26.2 Å². The van der Waals surface area contributed by atoms with Crippen LogP contribution in [0, 0.1) is 6.92 Å². The monoisotopic (exact) mass is 356 g/mol. The number of methoxy groups -OCH3 is 1. The topological polar surface area (TPSA) is 80.6 Å². The summed E-state index contributed by atoms with van der Waals surface area (Å²) in [5.41, 5.74) is 2.76. The molecule has 1 aliphatic rings. The normalized spacial score (nSPS) is 14.2. The number of benzene rings is 1. The van der Waals surface area contributed by atoms with Crippen molar-refractivity contribution >= 4 is 16.9 Å². The molecular formula is C20H24N2O4. The van der Waals surface area contributed by atoms with Crippen molar-refractivity contribution in [3.05, 3.63) is 51.4 Å². The number of fused-ring (bicyclic) bond motifs is 1. The molecule has 1 aliphatic heterocycles. The van der Waals surface area contributed by atoms with Gasteiger partial charge in [-0.3, -0.25) is 4.79 Å². The summed E-state index contributed by atoms with van der Waals surface area (Å²) < 4.78 is 10.6. The van der Waals surface area contributed by atoms with Gasteiger partial charge in [0.2, 0.25) is 5.91 Å². The minimum absolute atomic E-state index is 0.0574. The molecule has 3 rings (SSSR count). The van der Waals surface area contributed by atoms with Crippen LogP contribution in [0.2, 0.25) is 0 Å². The van der Waals surface area contributed by atoms with Gasteiger partial charge in [0.25, 0.3) is 0 Å². The van der Waals surface area contributed by atoms with E-state index in [-0.39, 0.29) is 12.3 Å². The van der Waals surface area contributed by atoms with Crippen molar-refractivity contribution in [1.82, 2.24) is 10.6 Å². The van der Waals surface area contributed by atoms with E-state index >= 15 is 0 Å². The Labute approximate surface area is 152 Å². The maximum Gasteiger partial charge on any atom is 0.339 e. The summed E-state index contributed by atoms with van der Waals surface area (Å²) in [5.74, 6) is 0.581. The van der Waals surface area contributed by atoms with Gasteiger partial charge >= 0.3 is 5.63 Å². The molecule has 0 spiro atoms. The lowest BCUT2D eigenvalue weighted by Gasteiger charge is -2.14. The molecule has 0 fully saturated rings. The van der Waals surface area contributed by atoms with Crippen LogP contribution in [0.5, 0.6) is 5.75 Å². The first-order chi connectivity index (χ1) is 12.6. The fourth-order valence-corrected chi connectivity index (χ4v) is 3.16. The van der Waals surface area contributed by atoms with Crippen LogP contribution in [0.25, 0.3) is 11.0 Å². The molecule has 0 atom stereocenters. The van der Waals surface area contributed by atoms with Gasteiger partial charge in [-0.15, -0.1) is 0 Å². The van der Waals surface area contributed by atoms with Crippen molar-refractivity contribution in [1.29, 1.82) is 0 Å². The number of carbonyl (C=O) groups is 1. The molecule has 1 amide bonds. The number of rotatable bonds is 6. The molecule has 0 bridgehead atoms. The molecule has 0 saturated heterocycles. The highest BCUT2D eigenvalue weighted by atomic mass is 16.5. The van der Waals surface area contributed by atoms with Crippen LogP contribution < -0.4 is 21.0 Å². The van der Waals surface area contributed by atoms with E-state index in [1.807, 2.05) is 19.1 Å². The van der Waals surface area contributed by atoms with E-state index in [9.17, 15) is 9.59 Å². The van der Waals surface area contributed by atoms with Crippen LogP contribution in [0.1, 0.15) is 24.0 Å². The zero-order chi connectivity index (χ0) is 18.5. The lowest BCUT2D eigenvalue weighted by Crippen LogP contribution is -2.30. The fourth-order valence-electron chi connectivity index (χ4n) is 3.16. The fraction of sp³-hybridized carbons (Fsp3) is 0.400. The van der Waals surface area contributed by atoms with E-state index in [0.29, 0.717) is 29.9 Å². The molecule has 1 aromatic carbocycles. The van der Waals surface area contributed by atoms with Crippen LogP contribution in [0.15, 0.2) is 39.1 Å². The number of hydrogen-bond acceptors (Lipinski definition) is 5. The number of carbonyl (C=O) groups excluding carboxylic acids is 1. The molecule has 2 N–H and O–H groups in total. The Bertz CT molecular complexity index is 899. The predicted molar refractivity (Wildman–Crippen MR) is 101 cm³/mol. The largest absolute Gasteiger partial charge is 0.497 e. The average Bonchev–Trinajstić information content (AvgIpc) is 2.66. The summed E-state index contributed by atoms with van der Waals surface area (Å²) in [4.78, 5) is 24.4. The van der Waals surface area contributed by atoms with Crippen molar-refractivity contribution in [2.24, 2.45) is 0 Å². The highest BCUT2D eigenvalue weighted by Gasteiger charge is 2.14. The summed E-state index contributed by atoms with van der Waals surface area (Å²) in [5, 5.41) is 7.03. The molecular weight excluding hydrogens is 332 g/mol. The Kier molecular flexibility index (Phi) is 5.73. The molecule has 6 heteroatoms. The Morgan fingerprint density at radius 1 is 1.38 bits per heavy atom. The summed E-state index contributed by atoms with van der Waals surface area (Å²) in [6, 6.07) is 5.41. The molecule has 0 aliphatic carbocycles. The van der Waals surface area contributed by atoms with Gasteiger partial charge in [-0.25, -0.2) is 4.79 Å². The molecule has 26 heavy (non-hydrogen) atoms. The molecule has 0 saturated carbocycles. The summed E-state index contributed by atoms with van der Waals surface area (Å²) in [7, 11) is 1.57. The van der Waals surface area contributed by atoms with Crippen LogP contribution in [0.3, 0.4) is 0 Å². The minimum atomic E-state index is -0.392. The van der Waals surface area contributed by atoms with Crippen LogP contribution in [-0.4, -0.2) is 32.7 Å². The van der Waals surface area contributed by atoms with Gasteiger partial charge in [0.1, 0.15) is 11.3 Å². The first kappa shape index (κ1) is 18.2. The van der Waals surface area contributed by atoms with Crippen molar-refractivity contribution in [3.63, 3.8) is 0 Å². The number of amides is 1. The average molecular weight is 356 g/mol. The lowest BCUT2D eigenvalue weighted by molar-refractivity contribution is -0.120. The maximum atomic E-state index is 12.3. The van der Waals surface area contributed by atoms with Gasteiger partial charge < -0.3 is 19.8 Å². The molecule has 138 valence electrons. The van der Waals surface area contributed by atoms with Crippen molar-refractivity contribution in [3.8, 4) is 5.75 Å². The third-order valence-corrected chi connectivity index (χ3v) is 4.77. The van der Waals surface area contributed by atoms with E-state index in [2.05, 4.69) is 16.7 Å². The van der Waals surface area contributed by atoms with E-state index < -0.39 is 5.63 Å². The Hall–Kier alpha value is -2.60. The standard InChI is InChI=1S/C20H24N2O4/c1-13-16-4-3-15(25-2)11-18(16)26-20(24)17(13)5-6-19(23)22-12-14-7-9-21-10-8-14/h3-4,7,11,21H,5-6,8-10,12H2,1-2H3,(H,22,23). The Morgan fingerprint density at radius 3 is 2.96 bits per heavy atom. The zero-order valence-electron chi connectivity index (χ0n) is 15.2. The second-order valence-corrected chi connectivity index (χ2v) is 6.45. The molecule has 0 radical (unpaired) electrons. The summed E-state index contributed by atoms with van der Waals surface area (Å²) >= 11 is 0. The molecule has 1 aromatic heterocycles. The van der Waals surface area contributed by atoms with Gasteiger partial charge in [-0.2, -0.15) is 0 Å². The van der Waals surface area contributed by atoms with Crippen molar-refractivity contribution in [2.75, 3.05) is 26.7 Å². The Morgan fingerprint density at radius 2 is 2.23 bits per heavy atom. The third-order valence-electron chi connectivity index (χ3n) is 4.77.